The van der Waals surface area contributed by atoms with Gasteiger partial charge < -0.3 is 14.8 Å². The van der Waals surface area contributed by atoms with Crippen molar-refractivity contribution in [1.29, 1.82) is 0 Å². The molecule has 0 saturated carbocycles. The van der Waals surface area contributed by atoms with Crippen molar-refractivity contribution in [1.82, 2.24) is 0 Å². The third-order valence-corrected chi connectivity index (χ3v) is 3.58. The van der Waals surface area contributed by atoms with Gasteiger partial charge in [0.15, 0.2) is 0 Å². The molecule has 0 saturated heterocycles. The Morgan fingerprint density at radius 2 is 2.22 bits per heavy atom. The monoisotopic (exact) mass is 329 g/mol. The second kappa shape index (κ2) is 5.46. The largest absolute Gasteiger partial charge is 0.475 e. The fourth-order valence-corrected chi connectivity index (χ4v) is 1.89. The van der Waals surface area contributed by atoms with Gasteiger partial charge in [0.05, 0.1) is 11.3 Å². The van der Waals surface area contributed by atoms with Crippen LogP contribution in [0.2, 0.25) is 5.02 Å². The van der Waals surface area contributed by atoms with E-state index in [4.69, 9.17) is 21.1 Å². The first-order valence-electron chi connectivity index (χ1n) is 5.06. The Kier molecular flexibility index (Phi) is 3.93. The molecule has 1 heterocycles. The van der Waals surface area contributed by atoms with Gasteiger partial charge in [0, 0.05) is 22.3 Å². The lowest BCUT2D eigenvalue weighted by Crippen LogP contribution is -2.04. The molecule has 4 nitrogen and oxygen atoms in total. The molecule has 0 spiro atoms. The van der Waals surface area contributed by atoms with Crippen LogP contribution in [-0.2, 0) is 6.54 Å². The maximum atomic E-state index is 10.8. The van der Waals surface area contributed by atoms with E-state index in [0.29, 0.717) is 17.1 Å². The highest BCUT2D eigenvalue weighted by molar-refractivity contribution is 9.10. The lowest BCUT2D eigenvalue weighted by molar-refractivity contribution is 0.0661. The van der Waals surface area contributed by atoms with Gasteiger partial charge >= 0.3 is 5.97 Å². The Balaban J connectivity index is 2.09. The van der Waals surface area contributed by atoms with Gasteiger partial charge in [0.2, 0.25) is 5.76 Å². The number of hydrogen-bond donors (Lipinski definition) is 2. The summed E-state index contributed by atoms with van der Waals surface area (Å²) in [6.07, 6.45) is 1.36. The Labute approximate surface area is 117 Å². The molecule has 94 valence electrons. The van der Waals surface area contributed by atoms with Crippen LogP contribution < -0.4 is 5.32 Å². The number of rotatable bonds is 4. The van der Waals surface area contributed by atoms with Crippen LogP contribution in [0, 0.1) is 0 Å². The van der Waals surface area contributed by atoms with E-state index in [-0.39, 0.29) is 5.76 Å². The highest BCUT2D eigenvalue weighted by Gasteiger charge is 2.13. The van der Waals surface area contributed by atoms with Gasteiger partial charge in [0.1, 0.15) is 0 Å². The number of halogens is 2. The number of hydrogen-bond acceptors (Lipinski definition) is 3. The van der Waals surface area contributed by atoms with E-state index in [0.717, 1.165) is 10.2 Å². The standard InChI is InChI=1S/C12H9BrClNO3/c13-9-2-1-8(5-10(9)14)15-6-7-3-4-18-11(7)12(16)17/h1-5,15H,6H2,(H,16,17). The van der Waals surface area contributed by atoms with Crippen LogP contribution in [0.25, 0.3) is 0 Å². The predicted molar refractivity (Wildman–Crippen MR) is 72.1 cm³/mol. The average Bonchev–Trinajstić information content (AvgIpc) is 2.79. The number of nitrogens with one attached hydrogen (secondary N) is 1. The quantitative estimate of drug-likeness (QED) is 0.889. The third kappa shape index (κ3) is 2.86. The van der Waals surface area contributed by atoms with Crippen LogP contribution in [0.1, 0.15) is 16.1 Å². The zero-order valence-corrected chi connectivity index (χ0v) is 11.5. The van der Waals surface area contributed by atoms with Crippen LogP contribution in [0.5, 0.6) is 0 Å². The Bertz CT molecular complexity index is 582. The van der Waals surface area contributed by atoms with Gasteiger partial charge in [-0.1, -0.05) is 11.6 Å². The van der Waals surface area contributed by atoms with Crippen LogP contribution in [0.4, 0.5) is 5.69 Å². The average molecular weight is 331 g/mol. The molecule has 0 aliphatic rings. The van der Waals surface area contributed by atoms with Gasteiger partial charge in [-0.05, 0) is 40.2 Å². The second-order valence-corrected chi connectivity index (χ2v) is 4.82. The number of benzene rings is 1. The summed E-state index contributed by atoms with van der Waals surface area (Å²) in [6, 6.07) is 7.04. The lowest BCUT2D eigenvalue weighted by Gasteiger charge is -2.06. The first kappa shape index (κ1) is 13.0. The van der Waals surface area contributed by atoms with Crippen molar-refractivity contribution < 1.29 is 14.3 Å². The van der Waals surface area contributed by atoms with Crippen molar-refractivity contribution in [3.8, 4) is 0 Å². The summed E-state index contributed by atoms with van der Waals surface area (Å²) in [5, 5.41) is 12.6. The molecule has 0 amide bonds. The molecule has 2 aromatic rings. The van der Waals surface area contributed by atoms with Gasteiger partial charge in [-0.2, -0.15) is 0 Å². The summed E-state index contributed by atoms with van der Waals surface area (Å²) in [4.78, 5) is 10.8. The van der Waals surface area contributed by atoms with Crippen molar-refractivity contribution in [2.75, 3.05) is 5.32 Å². The van der Waals surface area contributed by atoms with Crippen LogP contribution in [0.15, 0.2) is 39.4 Å². The van der Waals surface area contributed by atoms with Crippen molar-refractivity contribution in [3.05, 3.63) is 51.3 Å². The molecule has 1 aromatic heterocycles. The van der Waals surface area contributed by atoms with E-state index in [9.17, 15) is 4.79 Å². The Hall–Kier alpha value is -1.46. The van der Waals surface area contributed by atoms with E-state index < -0.39 is 5.97 Å². The molecule has 1 aromatic carbocycles. The van der Waals surface area contributed by atoms with Crippen molar-refractivity contribution >= 4 is 39.2 Å². The fraction of sp³-hybridized carbons (Fsp3) is 0.0833. The van der Waals surface area contributed by atoms with Crippen LogP contribution in [0.3, 0.4) is 0 Å². The van der Waals surface area contributed by atoms with E-state index >= 15 is 0 Å². The van der Waals surface area contributed by atoms with E-state index in [1.807, 2.05) is 12.1 Å². The molecule has 0 bridgehead atoms. The molecule has 2 rings (SSSR count). The summed E-state index contributed by atoms with van der Waals surface area (Å²) in [5.74, 6) is -1.13. The van der Waals surface area contributed by atoms with Gasteiger partial charge in [0.25, 0.3) is 0 Å². The predicted octanol–water partition coefficient (Wildman–Crippen LogP) is 4.01. The highest BCUT2D eigenvalue weighted by atomic mass is 79.9. The molecule has 18 heavy (non-hydrogen) atoms. The number of furan rings is 1. The minimum Gasteiger partial charge on any atom is -0.475 e. The summed E-state index contributed by atoms with van der Waals surface area (Å²) >= 11 is 9.25. The molecule has 0 fully saturated rings. The molecule has 0 aliphatic heterocycles. The maximum Gasteiger partial charge on any atom is 0.372 e. The third-order valence-electron chi connectivity index (χ3n) is 2.34. The van der Waals surface area contributed by atoms with Gasteiger partial charge in [-0.15, -0.1) is 0 Å². The van der Waals surface area contributed by atoms with Crippen LogP contribution in [-0.4, -0.2) is 11.1 Å². The number of carboxylic acids is 1. The molecule has 0 unspecified atom stereocenters. The summed E-state index contributed by atoms with van der Waals surface area (Å²) in [7, 11) is 0. The number of anilines is 1. The zero-order chi connectivity index (χ0) is 13.1. The Morgan fingerprint density at radius 1 is 1.44 bits per heavy atom. The molecule has 6 heteroatoms. The van der Waals surface area contributed by atoms with Crippen molar-refractivity contribution in [2.24, 2.45) is 0 Å². The lowest BCUT2D eigenvalue weighted by atomic mass is 10.2. The number of carbonyl (C=O) groups is 1. The van der Waals surface area contributed by atoms with E-state index in [1.165, 1.54) is 6.26 Å². The maximum absolute atomic E-state index is 10.8. The first-order valence-corrected chi connectivity index (χ1v) is 6.23. The SMILES string of the molecule is O=C(O)c1occc1CNc1ccc(Br)c(Cl)c1. The first-order chi connectivity index (χ1) is 8.58. The summed E-state index contributed by atoms with van der Waals surface area (Å²) in [5.41, 5.74) is 1.39. The smallest absolute Gasteiger partial charge is 0.372 e. The number of aromatic carboxylic acids is 1. The van der Waals surface area contributed by atoms with Crippen molar-refractivity contribution in [3.63, 3.8) is 0 Å². The van der Waals surface area contributed by atoms with Crippen molar-refractivity contribution in [2.45, 2.75) is 6.54 Å². The second-order valence-electron chi connectivity index (χ2n) is 3.56. The summed E-state index contributed by atoms with van der Waals surface area (Å²) in [6.45, 7) is 0.357. The zero-order valence-electron chi connectivity index (χ0n) is 9.11. The van der Waals surface area contributed by atoms with Gasteiger partial charge in [-0.3, -0.25) is 0 Å². The van der Waals surface area contributed by atoms with Crippen LogP contribution >= 0.6 is 27.5 Å². The van der Waals surface area contributed by atoms with E-state index in [2.05, 4.69) is 21.2 Å². The topological polar surface area (TPSA) is 62.5 Å². The highest BCUT2D eigenvalue weighted by Crippen LogP contribution is 2.26. The minimum atomic E-state index is -1.08. The molecular weight excluding hydrogens is 321 g/mol. The molecule has 0 aliphatic carbocycles. The van der Waals surface area contributed by atoms with Gasteiger partial charge in [-0.25, -0.2) is 4.79 Å². The summed E-state index contributed by atoms with van der Waals surface area (Å²) < 4.78 is 5.69. The fourth-order valence-electron chi connectivity index (χ4n) is 1.47. The molecule has 0 atom stereocenters. The normalized spacial score (nSPS) is 10.3. The number of carboxylic acid groups (broad SMARTS) is 1. The molecular formula is C12H9BrClNO3. The van der Waals surface area contributed by atoms with E-state index in [1.54, 1.807) is 12.1 Å². The molecule has 2 N–H and O–H groups in total. The minimum absolute atomic E-state index is 0.0503. The molecule has 0 radical (unpaired) electrons. The Morgan fingerprint density at radius 3 is 2.89 bits per heavy atom.